The van der Waals surface area contributed by atoms with Crippen molar-refractivity contribution in [3.8, 4) is 0 Å². The number of ketones is 1. The Morgan fingerprint density at radius 2 is 1.92 bits per heavy atom. The molecule has 0 heterocycles. The fourth-order valence-corrected chi connectivity index (χ4v) is 3.54. The smallest absolute Gasteiger partial charge is 0.303 e. The summed E-state index contributed by atoms with van der Waals surface area (Å²) in [5.41, 5.74) is 0. The lowest BCUT2D eigenvalue weighted by Gasteiger charge is -2.18. The van der Waals surface area contributed by atoms with E-state index < -0.39 is 18.2 Å². The average molecular weight is 354 g/mol. The number of carboxylic acids is 1. The van der Waals surface area contributed by atoms with Crippen LogP contribution in [-0.4, -0.2) is 39.3 Å². The molecule has 0 aromatic rings. The maximum atomic E-state index is 12.1. The second-order valence-electron chi connectivity index (χ2n) is 7.22. The van der Waals surface area contributed by atoms with Crippen LogP contribution in [0, 0.1) is 11.8 Å². The van der Waals surface area contributed by atoms with Crippen LogP contribution >= 0.6 is 0 Å². The molecule has 0 radical (unpaired) electrons. The van der Waals surface area contributed by atoms with E-state index in [1.807, 2.05) is 6.08 Å². The minimum Gasteiger partial charge on any atom is -0.481 e. The van der Waals surface area contributed by atoms with E-state index in [-0.39, 0.29) is 30.5 Å². The summed E-state index contributed by atoms with van der Waals surface area (Å²) in [6.07, 6.45) is 10.7. The van der Waals surface area contributed by atoms with Crippen LogP contribution in [0.25, 0.3) is 0 Å². The highest BCUT2D eigenvalue weighted by Crippen LogP contribution is 2.34. The van der Waals surface area contributed by atoms with Crippen molar-refractivity contribution in [3.05, 3.63) is 12.2 Å². The average Bonchev–Trinajstić information content (AvgIpc) is 2.82. The van der Waals surface area contributed by atoms with Crippen molar-refractivity contribution in [1.82, 2.24) is 0 Å². The van der Waals surface area contributed by atoms with Gasteiger partial charge in [-0.3, -0.25) is 9.59 Å². The van der Waals surface area contributed by atoms with Gasteiger partial charge in [0.2, 0.25) is 0 Å². The van der Waals surface area contributed by atoms with Crippen molar-refractivity contribution in [1.29, 1.82) is 0 Å². The molecule has 144 valence electrons. The Kier molecular flexibility index (Phi) is 10.7. The largest absolute Gasteiger partial charge is 0.481 e. The number of rotatable bonds is 13. The third-order valence-corrected chi connectivity index (χ3v) is 5.05. The Bertz CT molecular complexity index is 432. The Morgan fingerprint density at radius 1 is 1.20 bits per heavy atom. The molecule has 0 bridgehead atoms. The molecule has 25 heavy (non-hydrogen) atoms. The molecule has 0 saturated heterocycles. The number of Topliss-reactive ketones (excluding diaryl/α,β-unsaturated/α-hetero) is 1. The molecule has 1 aliphatic carbocycles. The molecule has 0 spiro atoms. The van der Waals surface area contributed by atoms with E-state index in [0.717, 1.165) is 51.4 Å². The van der Waals surface area contributed by atoms with Crippen LogP contribution in [0.3, 0.4) is 0 Å². The molecule has 5 heteroatoms. The molecule has 1 aliphatic rings. The molecular formula is C20H34O5. The van der Waals surface area contributed by atoms with E-state index in [1.165, 1.54) is 0 Å². The van der Waals surface area contributed by atoms with Crippen molar-refractivity contribution in [3.63, 3.8) is 0 Å². The van der Waals surface area contributed by atoms with Gasteiger partial charge in [0.25, 0.3) is 0 Å². The molecule has 2 unspecified atom stereocenters. The number of aliphatic carboxylic acids is 1. The number of carbonyl (C=O) groups excluding carboxylic acids is 1. The molecule has 5 nitrogen and oxygen atoms in total. The van der Waals surface area contributed by atoms with Gasteiger partial charge in [0.1, 0.15) is 5.78 Å². The van der Waals surface area contributed by atoms with E-state index in [4.69, 9.17) is 5.11 Å². The predicted molar refractivity (Wildman–Crippen MR) is 97.2 cm³/mol. The minimum absolute atomic E-state index is 0.105. The van der Waals surface area contributed by atoms with E-state index in [0.29, 0.717) is 6.42 Å². The molecule has 1 rings (SSSR count). The molecule has 4 atom stereocenters. The number of hydrogen-bond acceptors (Lipinski definition) is 4. The summed E-state index contributed by atoms with van der Waals surface area (Å²) in [6.45, 7) is 2.12. The van der Waals surface area contributed by atoms with Crippen LogP contribution in [0.15, 0.2) is 12.2 Å². The quantitative estimate of drug-likeness (QED) is 0.348. The van der Waals surface area contributed by atoms with Gasteiger partial charge in [-0.25, -0.2) is 0 Å². The zero-order valence-corrected chi connectivity index (χ0v) is 15.4. The first kappa shape index (κ1) is 21.8. The number of aliphatic hydroxyl groups excluding tert-OH is 2. The Balaban J connectivity index is 2.39. The summed E-state index contributed by atoms with van der Waals surface area (Å²) in [5, 5.41) is 28.7. The lowest BCUT2D eigenvalue weighted by molar-refractivity contribution is -0.137. The van der Waals surface area contributed by atoms with Gasteiger partial charge in [-0.1, -0.05) is 57.6 Å². The molecule has 0 aromatic carbocycles. The monoisotopic (exact) mass is 354 g/mol. The zero-order valence-electron chi connectivity index (χ0n) is 15.4. The summed E-state index contributed by atoms with van der Waals surface area (Å²) in [5.74, 6) is -1.04. The zero-order chi connectivity index (χ0) is 18.7. The lowest BCUT2D eigenvalue weighted by atomic mass is 9.88. The molecular weight excluding hydrogens is 320 g/mol. The van der Waals surface area contributed by atoms with Gasteiger partial charge in [-0.15, -0.1) is 0 Å². The van der Waals surface area contributed by atoms with Gasteiger partial charge in [0, 0.05) is 24.7 Å². The first-order valence-electron chi connectivity index (χ1n) is 9.74. The predicted octanol–water partition coefficient (Wildman–Crippen LogP) is 3.48. The van der Waals surface area contributed by atoms with Gasteiger partial charge < -0.3 is 15.3 Å². The van der Waals surface area contributed by atoms with Crippen molar-refractivity contribution >= 4 is 11.8 Å². The standard InChI is InChI=1S/C20H34O5/c1-2-3-6-9-15(21)12-13-17-16(18(22)14-19(17)23)10-7-4-5-8-11-20(24)25/h12-13,15-17,19,21,23H,2-11,14H2,1H3,(H,24,25)/b13-12+/t15-,16?,17-,19?/m1/s1. The van der Waals surface area contributed by atoms with Gasteiger partial charge in [-0.2, -0.15) is 0 Å². The van der Waals surface area contributed by atoms with Crippen LogP contribution in [0.5, 0.6) is 0 Å². The van der Waals surface area contributed by atoms with E-state index in [1.54, 1.807) is 6.08 Å². The van der Waals surface area contributed by atoms with Crippen molar-refractivity contribution in [2.75, 3.05) is 0 Å². The number of unbranched alkanes of at least 4 members (excludes halogenated alkanes) is 5. The van der Waals surface area contributed by atoms with Crippen LogP contribution in [0.4, 0.5) is 0 Å². The lowest BCUT2D eigenvalue weighted by Crippen LogP contribution is -2.19. The highest BCUT2D eigenvalue weighted by atomic mass is 16.4. The van der Waals surface area contributed by atoms with Gasteiger partial charge in [0.05, 0.1) is 12.2 Å². The summed E-state index contributed by atoms with van der Waals surface area (Å²) < 4.78 is 0. The molecule has 1 fully saturated rings. The summed E-state index contributed by atoms with van der Waals surface area (Å²) in [4.78, 5) is 22.6. The molecule has 3 N–H and O–H groups in total. The normalized spacial score (nSPS) is 24.9. The van der Waals surface area contributed by atoms with E-state index in [2.05, 4.69) is 6.92 Å². The maximum absolute atomic E-state index is 12.1. The van der Waals surface area contributed by atoms with Gasteiger partial charge in [0.15, 0.2) is 0 Å². The third-order valence-electron chi connectivity index (χ3n) is 5.05. The Morgan fingerprint density at radius 3 is 2.60 bits per heavy atom. The van der Waals surface area contributed by atoms with E-state index in [9.17, 15) is 19.8 Å². The summed E-state index contributed by atoms with van der Waals surface area (Å²) >= 11 is 0. The Hall–Kier alpha value is -1.20. The first-order chi connectivity index (χ1) is 12.0. The molecule has 0 aromatic heterocycles. The first-order valence-corrected chi connectivity index (χ1v) is 9.74. The number of carboxylic acid groups (broad SMARTS) is 1. The van der Waals surface area contributed by atoms with Gasteiger partial charge in [-0.05, 0) is 19.3 Å². The second kappa shape index (κ2) is 12.2. The third kappa shape index (κ3) is 8.63. The number of aliphatic hydroxyl groups is 2. The fourth-order valence-electron chi connectivity index (χ4n) is 3.54. The number of carbonyl (C=O) groups is 2. The Labute approximate surface area is 151 Å². The minimum atomic E-state index is -0.767. The van der Waals surface area contributed by atoms with Crippen LogP contribution in [-0.2, 0) is 9.59 Å². The highest BCUT2D eigenvalue weighted by Gasteiger charge is 2.39. The SMILES string of the molecule is CCCCC[C@@H](O)/C=C/[C@H]1C(O)CC(=O)C1CCCCCCC(=O)O. The van der Waals surface area contributed by atoms with Crippen LogP contribution in [0.2, 0.25) is 0 Å². The van der Waals surface area contributed by atoms with Crippen LogP contribution in [0.1, 0.15) is 77.6 Å². The molecule has 1 saturated carbocycles. The maximum Gasteiger partial charge on any atom is 0.303 e. The summed E-state index contributed by atoms with van der Waals surface area (Å²) in [6, 6.07) is 0. The van der Waals surface area contributed by atoms with Crippen molar-refractivity contribution in [2.24, 2.45) is 11.8 Å². The van der Waals surface area contributed by atoms with Gasteiger partial charge >= 0.3 is 5.97 Å². The van der Waals surface area contributed by atoms with E-state index >= 15 is 0 Å². The second-order valence-corrected chi connectivity index (χ2v) is 7.22. The molecule has 0 aliphatic heterocycles. The number of hydrogen-bond donors (Lipinski definition) is 3. The topological polar surface area (TPSA) is 94.8 Å². The van der Waals surface area contributed by atoms with Crippen molar-refractivity contribution in [2.45, 2.75) is 89.8 Å². The molecule has 0 amide bonds. The van der Waals surface area contributed by atoms with Crippen LogP contribution < -0.4 is 0 Å². The fraction of sp³-hybridized carbons (Fsp3) is 0.800. The van der Waals surface area contributed by atoms with Crippen molar-refractivity contribution < 1.29 is 24.9 Å². The highest BCUT2D eigenvalue weighted by molar-refractivity contribution is 5.84. The summed E-state index contributed by atoms with van der Waals surface area (Å²) in [7, 11) is 0.